The Balaban J connectivity index is 1.74. The van der Waals surface area contributed by atoms with Gasteiger partial charge in [0.25, 0.3) is 5.56 Å². The summed E-state index contributed by atoms with van der Waals surface area (Å²) >= 11 is 0. The third kappa shape index (κ3) is 4.07. The summed E-state index contributed by atoms with van der Waals surface area (Å²) in [7, 11) is 3.15. The highest BCUT2D eigenvalue weighted by Gasteiger charge is 2.15. The Morgan fingerprint density at radius 3 is 2.35 bits per heavy atom. The fourth-order valence-electron chi connectivity index (χ4n) is 3.64. The van der Waals surface area contributed by atoms with E-state index in [4.69, 9.17) is 9.47 Å². The maximum absolute atomic E-state index is 13.3. The molecule has 0 radical (unpaired) electrons. The van der Waals surface area contributed by atoms with Gasteiger partial charge in [-0.1, -0.05) is 36.4 Å². The third-order valence-corrected chi connectivity index (χ3v) is 5.24. The summed E-state index contributed by atoms with van der Waals surface area (Å²) < 4.78 is 13.5. The zero-order valence-electron chi connectivity index (χ0n) is 17.4. The molecule has 0 N–H and O–H groups in total. The number of rotatable bonds is 7. The van der Waals surface area contributed by atoms with Gasteiger partial charge in [0.1, 0.15) is 0 Å². The minimum Gasteiger partial charge on any atom is -0.493 e. The van der Waals surface area contributed by atoms with Crippen LogP contribution in [0.3, 0.4) is 0 Å². The van der Waals surface area contributed by atoms with E-state index in [1.807, 2.05) is 48.5 Å². The first-order valence-corrected chi connectivity index (χ1v) is 9.95. The van der Waals surface area contributed by atoms with Gasteiger partial charge in [0, 0.05) is 12.7 Å². The van der Waals surface area contributed by atoms with E-state index in [1.165, 1.54) is 4.57 Å². The molecule has 2 aromatic heterocycles. The van der Waals surface area contributed by atoms with E-state index < -0.39 is 0 Å². The van der Waals surface area contributed by atoms with Crippen molar-refractivity contribution in [2.75, 3.05) is 14.2 Å². The lowest BCUT2D eigenvalue weighted by molar-refractivity contribution is 0.354. The number of aromatic nitrogens is 3. The average molecular weight is 417 g/mol. The summed E-state index contributed by atoms with van der Waals surface area (Å²) in [6.07, 6.45) is 2.05. The van der Waals surface area contributed by atoms with Crippen molar-refractivity contribution in [1.29, 1.82) is 0 Å². The van der Waals surface area contributed by atoms with Crippen molar-refractivity contribution in [2.24, 2.45) is 0 Å². The molecule has 2 aromatic carbocycles. The van der Waals surface area contributed by atoms with Crippen molar-refractivity contribution in [1.82, 2.24) is 14.1 Å². The van der Waals surface area contributed by atoms with E-state index in [9.17, 15) is 9.59 Å². The molecule has 158 valence electrons. The fraction of sp³-hybridized carbons (Fsp3) is 0.208. The fourth-order valence-corrected chi connectivity index (χ4v) is 3.64. The Bertz CT molecular complexity index is 1330. The van der Waals surface area contributed by atoms with Crippen LogP contribution < -0.4 is 20.7 Å². The van der Waals surface area contributed by atoms with Crippen molar-refractivity contribution >= 4 is 11.0 Å². The van der Waals surface area contributed by atoms with Crippen molar-refractivity contribution in [3.63, 3.8) is 0 Å². The van der Waals surface area contributed by atoms with Crippen LogP contribution in [0.2, 0.25) is 0 Å². The van der Waals surface area contributed by atoms with Gasteiger partial charge in [-0.2, -0.15) is 0 Å². The van der Waals surface area contributed by atoms with Gasteiger partial charge in [-0.25, -0.2) is 9.78 Å². The number of pyridine rings is 1. The molecule has 0 atom stereocenters. The van der Waals surface area contributed by atoms with E-state index in [2.05, 4.69) is 4.98 Å². The van der Waals surface area contributed by atoms with Crippen molar-refractivity contribution in [3.8, 4) is 11.5 Å². The van der Waals surface area contributed by atoms with Gasteiger partial charge in [-0.15, -0.1) is 0 Å². The lowest BCUT2D eigenvalue weighted by Crippen LogP contribution is -2.41. The molecule has 0 saturated carbocycles. The van der Waals surface area contributed by atoms with E-state index in [0.717, 1.165) is 11.1 Å². The van der Waals surface area contributed by atoms with Gasteiger partial charge in [0.2, 0.25) is 0 Å². The van der Waals surface area contributed by atoms with Crippen LogP contribution in [0, 0.1) is 0 Å². The summed E-state index contributed by atoms with van der Waals surface area (Å²) in [5.41, 5.74) is 1.98. The first-order valence-electron chi connectivity index (χ1n) is 9.95. The SMILES string of the molecule is COc1ccc(CCn2c(=O)c3ncccc3n(Cc3ccccc3)c2=O)cc1OC. The minimum atomic E-state index is -0.384. The van der Waals surface area contributed by atoms with Crippen molar-refractivity contribution < 1.29 is 9.47 Å². The number of benzene rings is 2. The molecule has 7 heteroatoms. The number of ether oxygens (including phenoxy) is 2. The zero-order valence-corrected chi connectivity index (χ0v) is 17.4. The van der Waals surface area contributed by atoms with E-state index in [1.54, 1.807) is 37.1 Å². The highest BCUT2D eigenvalue weighted by Crippen LogP contribution is 2.27. The van der Waals surface area contributed by atoms with Gasteiger partial charge in [-0.3, -0.25) is 13.9 Å². The number of fused-ring (bicyclic) bond motifs is 1. The quantitative estimate of drug-likeness (QED) is 0.462. The molecule has 0 aliphatic heterocycles. The summed E-state index contributed by atoms with van der Waals surface area (Å²) in [6.45, 7) is 0.590. The molecular formula is C24H23N3O4. The molecule has 0 aliphatic carbocycles. The Morgan fingerprint density at radius 1 is 0.839 bits per heavy atom. The molecule has 0 spiro atoms. The summed E-state index contributed by atoms with van der Waals surface area (Å²) in [5.74, 6) is 1.23. The van der Waals surface area contributed by atoms with E-state index >= 15 is 0 Å². The van der Waals surface area contributed by atoms with E-state index in [-0.39, 0.29) is 23.3 Å². The molecule has 4 rings (SSSR count). The molecule has 0 saturated heterocycles. The van der Waals surface area contributed by atoms with Gasteiger partial charge in [-0.05, 0) is 41.8 Å². The molecule has 0 fully saturated rings. The van der Waals surface area contributed by atoms with Crippen LogP contribution in [0.1, 0.15) is 11.1 Å². The van der Waals surface area contributed by atoms with Gasteiger partial charge in [0.05, 0.1) is 26.3 Å². The second-order valence-corrected chi connectivity index (χ2v) is 7.12. The van der Waals surface area contributed by atoms with Crippen LogP contribution in [0.5, 0.6) is 11.5 Å². The minimum absolute atomic E-state index is 0.231. The van der Waals surface area contributed by atoms with Gasteiger partial charge < -0.3 is 9.47 Å². The highest BCUT2D eigenvalue weighted by atomic mass is 16.5. The first kappa shape index (κ1) is 20.4. The van der Waals surface area contributed by atoms with E-state index in [0.29, 0.717) is 30.0 Å². The Kier molecular flexibility index (Phi) is 5.84. The first-order chi connectivity index (χ1) is 15.1. The smallest absolute Gasteiger partial charge is 0.331 e. The predicted molar refractivity (Wildman–Crippen MR) is 119 cm³/mol. The molecule has 31 heavy (non-hydrogen) atoms. The maximum atomic E-state index is 13.3. The third-order valence-electron chi connectivity index (χ3n) is 5.24. The predicted octanol–water partition coefficient (Wildman–Crippen LogP) is 2.87. The molecular weight excluding hydrogens is 394 g/mol. The summed E-state index contributed by atoms with van der Waals surface area (Å²) in [5, 5.41) is 0. The Hall–Kier alpha value is -3.87. The van der Waals surface area contributed by atoms with Crippen LogP contribution in [0.25, 0.3) is 11.0 Å². The molecule has 0 amide bonds. The van der Waals surface area contributed by atoms with Crippen LogP contribution in [0.15, 0.2) is 76.4 Å². The number of hydrogen-bond donors (Lipinski definition) is 0. The number of nitrogens with zero attached hydrogens (tertiary/aromatic N) is 3. The highest BCUT2D eigenvalue weighted by molar-refractivity contribution is 5.73. The van der Waals surface area contributed by atoms with Gasteiger partial charge in [0.15, 0.2) is 17.0 Å². The van der Waals surface area contributed by atoms with Gasteiger partial charge >= 0.3 is 5.69 Å². The molecule has 0 aliphatic rings. The number of methoxy groups -OCH3 is 2. The van der Waals surface area contributed by atoms with Crippen LogP contribution >= 0.6 is 0 Å². The number of hydrogen-bond acceptors (Lipinski definition) is 5. The Morgan fingerprint density at radius 2 is 1.61 bits per heavy atom. The van der Waals surface area contributed by atoms with Crippen molar-refractivity contribution in [2.45, 2.75) is 19.5 Å². The zero-order chi connectivity index (χ0) is 21.8. The van der Waals surface area contributed by atoms with Crippen LogP contribution in [0.4, 0.5) is 0 Å². The summed E-state index contributed by atoms with van der Waals surface area (Å²) in [4.78, 5) is 30.6. The second-order valence-electron chi connectivity index (χ2n) is 7.12. The van der Waals surface area contributed by atoms with Crippen LogP contribution in [-0.2, 0) is 19.5 Å². The second kappa shape index (κ2) is 8.87. The molecule has 0 bridgehead atoms. The monoisotopic (exact) mass is 417 g/mol. The lowest BCUT2D eigenvalue weighted by atomic mass is 10.1. The maximum Gasteiger partial charge on any atom is 0.331 e. The number of aryl methyl sites for hydroxylation is 1. The topological polar surface area (TPSA) is 75.4 Å². The molecule has 4 aromatic rings. The van der Waals surface area contributed by atoms with Crippen LogP contribution in [-0.4, -0.2) is 28.3 Å². The largest absolute Gasteiger partial charge is 0.493 e. The lowest BCUT2D eigenvalue weighted by Gasteiger charge is -2.14. The molecule has 7 nitrogen and oxygen atoms in total. The Labute approximate surface area is 179 Å². The normalized spacial score (nSPS) is 10.9. The standard InChI is InChI=1S/C24H23N3O4/c1-30-20-11-10-17(15-21(20)31-2)12-14-26-23(28)22-19(9-6-13-25-22)27(24(26)29)16-18-7-4-3-5-8-18/h3-11,13,15H,12,14,16H2,1-2H3. The molecule has 0 unspecified atom stereocenters. The average Bonchev–Trinajstić information content (AvgIpc) is 2.82. The summed E-state index contributed by atoms with van der Waals surface area (Å²) in [6, 6.07) is 18.7. The van der Waals surface area contributed by atoms with Crippen molar-refractivity contribution in [3.05, 3.63) is 98.8 Å². The molecule has 2 heterocycles.